The molecule has 1 fully saturated rings. The van der Waals surface area contributed by atoms with Gasteiger partial charge in [-0.25, -0.2) is 13.9 Å². The zero-order chi connectivity index (χ0) is 15.1. The van der Waals surface area contributed by atoms with Crippen molar-refractivity contribution in [1.29, 1.82) is 0 Å². The summed E-state index contributed by atoms with van der Waals surface area (Å²) in [5.41, 5.74) is 1.71. The van der Waals surface area contributed by atoms with Gasteiger partial charge in [0.1, 0.15) is 11.6 Å². The molecule has 4 rings (SSSR count). The molecule has 3 aromatic rings. The van der Waals surface area contributed by atoms with Crippen molar-refractivity contribution in [2.75, 3.05) is 11.4 Å². The van der Waals surface area contributed by atoms with Crippen LogP contribution in [0.5, 0.6) is 0 Å². The zero-order valence-electron chi connectivity index (χ0n) is 11.8. The van der Waals surface area contributed by atoms with Crippen LogP contribution in [0.3, 0.4) is 0 Å². The van der Waals surface area contributed by atoms with Gasteiger partial charge in [-0.3, -0.25) is 0 Å². The highest BCUT2D eigenvalue weighted by atomic mass is 35.5. The third-order valence-electron chi connectivity index (χ3n) is 4.06. The molecule has 0 bridgehead atoms. The lowest BCUT2D eigenvalue weighted by Crippen LogP contribution is -2.23. The summed E-state index contributed by atoms with van der Waals surface area (Å²) in [6.45, 7) is 0.899. The molecule has 0 amide bonds. The zero-order valence-corrected chi connectivity index (χ0v) is 12.5. The van der Waals surface area contributed by atoms with E-state index in [-0.39, 0.29) is 11.9 Å². The number of anilines is 1. The van der Waals surface area contributed by atoms with Crippen LogP contribution in [0.2, 0.25) is 5.02 Å². The highest BCUT2D eigenvalue weighted by Crippen LogP contribution is 2.36. The third kappa shape index (κ3) is 2.31. The predicted molar refractivity (Wildman–Crippen MR) is 83.7 cm³/mol. The Bertz CT molecular complexity index is 812. The summed E-state index contributed by atoms with van der Waals surface area (Å²) < 4.78 is 15.4. The van der Waals surface area contributed by atoms with E-state index in [1.54, 1.807) is 16.8 Å². The fourth-order valence-corrected chi connectivity index (χ4v) is 3.35. The van der Waals surface area contributed by atoms with Crippen LogP contribution in [0.25, 0.3) is 5.65 Å². The minimum Gasteiger partial charge on any atom is -0.349 e. The molecule has 6 heteroatoms. The number of aromatic nitrogens is 3. The maximum Gasteiger partial charge on any atom is 0.157 e. The number of benzene rings is 1. The molecule has 0 spiro atoms. The van der Waals surface area contributed by atoms with Crippen LogP contribution in [0.15, 0.2) is 42.7 Å². The van der Waals surface area contributed by atoms with Crippen molar-refractivity contribution >= 4 is 23.1 Å². The Morgan fingerprint density at radius 3 is 3.00 bits per heavy atom. The Kier molecular flexibility index (Phi) is 3.22. The molecular formula is C16H14ClFN4. The Morgan fingerprint density at radius 1 is 1.23 bits per heavy atom. The molecule has 1 aliphatic heterocycles. The van der Waals surface area contributed by atoms with Crippen molar-refractivity contribution < 1.29 is 4.39 Å². The van der Waals surface area contributed by atoms with Gasteiger partial charge in [-0.1, -0.05) is 11.6 Å². The van der Waals surface area contributed by atoms with Crippen molar-refractivity contribution in [3.63, 3.8) is 0 Å². The van der Waals surface area contributed by atoms with Gasteiger partial charge in [0, 0.05) is 23.8 Å². The minimum absolute atomic E-state index is 0.103. The smallest absolute Gasteiger partial charge is 0.157 e. The highest BCUT2D eigenvalue weighted by Gasteiger charge is 2.28. The normalized spacial score (nSPS) is 18.3. The summed E-state index contributed by atoms with van der Waals surface area (Å²) in [5, 5.41) is 4.59. The number of hydrogen-bond acceptors (Lipinski definition) is 3. The van der Waals surface area contributed by atoms with Crippen molar-refractivity contribution in [2.45, 2.75) is 18.9 Å². The summed E-state index contributed by atoms with van der Waals surface area (Å²) in [7, 11) is 0. The maximum atomic E-state index is 13.6. The number of fused-ring (bicyclic) bond motifs is 1. The molecule has 1 atom stereocenters. The first-order chi connectivity index (χ1) is 10.7. The lowest BCUT2D eigenvalue weighted by Gasteiger charge is -2.26. The van der Waals surface area contributed by atoms with E-state index in [1.807, 2.05) is 24.4 Å². The topological polar surface area (TPSA) is 33.4 Å². The average molecular weight is 317 g/mol. The van der Waals surface area contributed by atoms with E-state index in [9.17, 15) is 4.39 Å². The summed E-state index contributed by atoms with van der Waals surface area (Å²) in [5.74, 6) is 0.587. The van der Waals surface area contributed by atoms with Crippen LogP contribution in [-0.4, -0.2) is 21.1 Å². The second-order valence-corrected chi connectivity index (χ2v) is 5.91. The fourth-order valence-electron chi connectivity index (χ4n) is 3.12. The van der Waals surface area contributed by atoms with Gasteiger partial charge in [-0.05, 0) is 42.7 Å². The quantitative estimate of drug-likeness (QED) is 0.719. The van der Waals surface area contributed by atoms with Gasteiger partial charge in [0.2, 0.25) is 0 Å². The average Bonchev–Trinajstić information content (AvgIpc) is 3.14. The molecule has 3 heterocycles. The summed E-state index contributed by atoms with van der Waals surface area (Å²) in [6.07, 6.45) is 5.63. The SMILES string of the molecule is Fc1cc(Cl)cc(C2CCCN2c2ccn3nccc3n2)c1. The molecule has 4 nitrogen and oxygen atoms in total. The molecule has 0 radical (unpaired) electrons. The monoisotopic (exact) mass is 316 g/mol. The van der Waals surface area contributed by atoms with Crippen LogP contribution in [-0.2, 0) is 0 Å². The maximum absolute atomic E-state index is 13.6. The second kappa shape index (κ2) is 5.25. The fraction of sp³-hybridized carbons (Fsp3) is 0.250. The standard InChI is InChI=1S/C16H14ClFN4/c17-12-8-11(9-13(18)10-12)14-2-1-6-21(14)15-4-7-22-16(20-15)3-5-19-22/h3-5,7-10,14H,1-2,6H2. The third-order valence-corrected chi connectivity index (χ3v) is 4.28. The number of rotatable bonds is 2. The van der Waals surface area contributed by atoms with Crippen molar-refractivity contribution in [2.24, 2.45) is 0 Å². The Labute approximate surface area is 132 Å². The van der Waals surface area contributed by atoms with E-state index >= 15 is 0 Å². The van der Waals surface area contributed by atoms with Crippen molar-refractivity contribution in [3.8, 4) is 0 Å². The second-order valence-electron chi connectivity index (χ2n) is 5.47. The Morgan fingerprint density at radius 2 is 2.14 bits per heavy atom. The number of halogens is 2. The minimum atomic E-state index is -0.298. The Balaban J connectivity index is 1.73. The highest BCUT2D eigenvalue weighted by molar-refractivity contribution is 6.30. The van der Waals surface area contributed by atoms with E-state index in [1.165, 1.54) is 6.07 Å². The van der Waals surface area contributed by atoms with Gasteiger partial charge in [-0.2, -0.15) is 5.10 Å². The Hall–Kier alpha value is -2.14. The van der Waals surface area contributed by atoms with E-state index in [2.05, 4.69) is 15.0 Å². The van der Waals surface area contributed by atoms with Crippen LogP contribution in [0.1, 0.15) is 24.4 Å². The molecule has 112 valence electrons. The van der Waals surface area contributed by atoms with Crippen LogP contribution in [0, 0.1) is 5.82 Å². The molecule has 1 aliphatic rings. The lowest BCUT2D eigenvalue weighted by atomic mass is 10.0. The van der Waals surface area contributed by atoms with E-state index in [0.29, 0.717) is 5.02 Å². The molecule has 1 aromatic carbocycles. The van der Waals surface area contributed by atoms with Gasteiger partial charge >= 0.3 is 0 Å². The van der Waals surface area contributed by atoms with Crippen LogP contribution >= 0.6 is 11.6 Å². The lowest BCUT2D eigenvalue weighted by molar-refractivity contribution is 0.618. The summed E-state index contributed by atoms with van der Waals surface area (Å²) >= 11 is 6.00. The first kappa shape index (κ1) is 13.5. The van der Waals surface area contributed by atoms with Gasteiger partial charge in [0.05, 0.1) is 12.2 Å². The van der Waals surface area contributed by atoms with E-state index in [4.69, 9.17) is 11.6 Å². The van der Waals surface area contributed by atoms with Gasteiger partial charge in [0.25, 0.3) is 0 Å². The van der Waals surface area contributed by atoms with Gasteiger partial charge in [0.15, 0.2) is 5.65 Å². The van der Waals surface area contributed by atoms with Crippen molar-refractivity contribution in [1.82, 2.24) is 14.6 Å². The van der Waals surface area contributed by atoms with E-state index in [0.717, 1.165) is 36.4 Å². The van der Waals surface area contributed by atoms with E-state index < -0.39 is 0 Å². The van der Waals surface area contributed by atoms with Crippen molar-refractivity contribution in [3.05, 3.63) is 59.1 Å². The molecule has 1 saturated heterocycles. The largest absolute Gasteiger partial charge is 0.349 e. The molecule has 22 heavy (non-hydrogen) atoms. The molecule has 2 aromatic heterocycles. The summed E-state index contributed by atoms with van der Waals surface area (Å²) in [4.78, 5) is 6.84. The predicted octanol–water partition coefficient (Wildman–Crippen LogP) is 3.86. The molecule has 0 saturated carbocycles. The van der Waals surface area contributed by atoms with Crippen LogP contribution < -0.4 is 4.90 Å². The first-order valence-electron chi connectivity index (χ1n) is 7.24. The molecule has 0 N–H and O–H groups in total. The number of nitrogens with zero attached hydrogens (tertiary/aromatic N) is 4. The number of hydrogen-bond donors (Lipinski definition) is 0. The van der Waals surface area contributed by atoms with Crippen LogP contribution in [0.4, 0.5) is 10.2 Å². The van der Waals surface area contributed by atoms with Gasteiger partial charge < -0.3 is 4.90 Å². The molecule has 1 unspecified atom stereocenters. The molecule has 0 aliphatic carbocycles. The summed E-state index contributed by atoms with van der Waals surface area (Å²) in [6, 6.07) is 8.65. The van der Waals surface area contributed by atoms with Gasteiger partial charge in [-0.15, -0.1) is 0 Å². The first-order valence-corrected chi connectivity index (χ1v) is 7.61. The molecular weight excluding hydrogens is 303 g/mol.